The second-order valence-corrected chi connectivity index (χ2v) is 9.52. The van der Waals surface area contributed by atoms with Crippen LogP contribution in [0.25, 0.3) is 10.9 Å². The molecule has 1 fully saturated rings. The highest BCUT2D eigenvalue weighted by Crippen LogP contribution is 2.42. The Bertz CT molecular complexity index is 1150. The van der Waals surface area contributed by atoms with Crippen LogP contribution in [0.1, 0.15) is 30.1 Å². The second kappa shape index (κ2) is 5.55. The van der Waals surface area contributed by atoms with Gasteiger partial charge in [-0.1, -0.05) is 11.6 Å². The van der Waals surface area contributed by atoms with E-state index in [1.165, 1.54) is 36.1 Å². The van der Waals surface area contributed by atoms with Gasteiger partial charge in [-0.15, -0.1) is 0 Å². The minimum Gasteiger partial charge on any atom is -0.347 e. The molecule has 0 aliphatic carbocycles. The molecule has 5 rings (SSSR count). The lowest BCUT2D eigenvalue weighted by molar-refractivity contribution is 0.503. The zero-order chi connectivity index (χ0) is 18.1. The molecule has 2 aromatic heterocycles. The summed E-state index contributed by atoms with van der Waals surface area (Å²) in [4.78, 5) is 4.32. The topological polar surface area (TPSA) is 64.0 Å². The fraction of sp³-hybridized carbons (Fsp3) is 0.316. The first kappa shape index (κ1) is 16.3. The van der Waals surface area contributed by atoms with Crippen molar-refractivity contribution in [2.24, 2.45) is 7.05 Å². The zero-order valence-electron chi connectivity index (χ0n) is 14.2. The molecule has 4 heterocycles. The molecule has 2 aliphatic heterocycles. The van der Waals surface area contributed by atoms with Gasteiger partial charge in [-0.25, -0.2) is 8.42 Å². The molecule has 0 spiro atoms. The molecule has 2 unspecified atom stereocenters. The molecule has 3 aromatic rings. The van der Waals surface area contributed by atoms with Crippen molar-refractivity contribution < 1.29 is 8.42 Å². The summed E-state index contributed by atoms with van der Waals surface area (Å²) in [6, 6.07) is 7.69. The number of sulfone groups is 1. The van der Waals surface area contributed by atoms with Gasteiger partial charge in [0.25, 0.3) is 0 Å². The smallest absolute Gasteiger partial charge is 0.208 e. The van der Waals surface area contributed by atoms with E-state index in [4.69, 9.17) is 11.6 Å². The van der Waals surface area contributed by atoms with E-state index in [0.717, 1.165) is 23.7 Å². The summed E-state index contributed by atoms with van der Waals surface area (Å²) in [5.41, 5.74) is 3.66. The number of pyridine rings is 1. The fourth-order valence-electron chi connectivity index (χ4n) is 4.42. The Morgan fingerprint density at radius 1 is 1.19 bits per heavy atom. The van der Waals surface area contributed by atoms with Crippen molar-refractivity contribution in [2.75, 3.05) is 0 Å². The molecular formula is C19H18ClN3O2S. The normalized spacial score (nSPS) is 21.9. The van der Waals surface area contributed by atoms with Crippen LogP contribution in [0.2, 0.25) is 5.02 Å². The molecule has 1 saturated heterocycles. The van der Waals surface area contributed by atoms with Crippen molar-refractivity contribution in [3.05, 3.63) is 52.9 Å². The van der Waals surface area contributed by atoms with Gasteiger partial charge in [-0.3, -0.25) is 4.98 Å². The average molecular weight is 388 g/mol. The van der Waals surface area contributed by atoms with E-state index in [9.17, 15) is 8.42 Å². The van der Waals surface area contributed by atoms with E-state index in [0.29, 0.717) is 17.1 Å². The summed E-state index contributed by atoms with van der Waals surface area (Å²) in [5, 5.41) is 4.99. The molecule has 2 aliphatic rings. The van der Waals surface area contributed by atoms with Gasteiger partial charge < -0.3 is 9.88 Å². The Morgan fingerprint density at radius 2 is 2.04 bits per heavy atom. The summed E-state index contributed by atoms with van der Waals surface area (Å²) >= 11 is 5.94. The molecule has 0 radical (unpaired) electrons. The van der Waals surface area contributed by atoms with Gasteiger partial charge in [0, 0.05) is 54.5 Å². The number of benzene rings is 1. The van der Waals surface area contributed by atoms with Crippen molar-refractivity contribution in [3.63, 3.8) is 0 Å². The Labute approximate surface area is 156 Å². The standard InChI is InChI=1S/C19H18ClN3O2S/c1-23-17-5-3-13(26(24,25)14-6-11(20)9-21-10-14)8-15(17)19-16-4-2-12(22-16)7-18(19)23/h3,5-6,8-10,12,16,22H,2,4,7H2,1H3. The van der Waals surface area contributed by atoms with E-state index in [2.05, 4.69) is 21.9 Å². The summed E-state index contributed by atoms with van der Waals surface area (Å²) in [5.74, 6) is 0. The molecule has 1 N–H and O–H groups in total. The highest BCUT2D eigenvalue weighted by atomic mass is 35.5. The van der Waals surface area contributed by atoms with Crippen LogP contribution < -0.4 is 5.32 Å². The van der Waals surface area contributed by atoms with E-state index < -0.39 is 9.84 Å². The first-order valence-electron chi connectivity index (χ1n) is 8.68. The number of fused-ring (bicyclic) bond motifs is 6. The molecule has 7 heteroatoms. The predicted molar refractivity (Wildman–Crippen MR) is 100 cm³/mol. The van der Waals surface area contributed by atoms with Crippen molar-refractivity contribution in [1.29, 1.82) is 0 Å². The van der Waals surface area contributed by atoms with Crippen LogP contribution in [0.4, 0.5) is 0 Å². The Balaban J connectivity index is 1.72. The first-order chi connectivity index (χ1) is 12.4. The molecule has 1 aromatic carbocycles. The van der Waals surface area contributed by atoms with Gasteiger partial charge in [-0.05, 0) is 42.7 Å². The lowest BCUT2D eigenvalue weighted by Crippen LogP contribution is -2.32. The van der Waals surface area contributed by atoms with Crippen LogP contribution in [0, 0.1) is 0 Å². The number of nitrogens with zero attached hydrogens (tertiary/aromatic N) is 2. The van der Waals surface area contributed by atoms with Gasteiger partial charge in [0.1, 0.15) is 0 Å². The minimum atomic E-state index is -3.66. The number of halogens is 1. The summed E-state index contributed by atoms with van der Waals surface area (Å²) in [7, 11) is -1.59. The van der Waals surface area contributed by atoms with Gasteiger partial charge in [-0.2, -0.15) is 0 Å². The molecule has 2 bridgehead atoms. The van der Waals surface area contributed by atoms with Crippen LogP contribution in [-0.4, -0.2) is 24.0 Å². The minimum absolute atomic E-state index is 0.119. The second-order valence-electron chi connectivity index (χ2n) is 7.14. The lowest BCUT2D eigenvalue weighted by Gasteiger charge is -2.23. The van der Waals surface area contributed by atoms with Gasteiger partial charge in [0.15, 0.2) is 0 Å². The number of hydrogen-bond donors (Lipinski definition) is 1. The van der Waals surface area contributed by atoms with Gasteiger partial charge in [0.2, 0.25) is 9.84 Å². The zero-order valence-corrected chi connectivity index (χ0v) is 15.8. The Kier molecular flexibility index (Phi) is 3.48. The van der Waals surface area contributed by atoms with Crippen LogP contribution >= 0.6 is 11.6 Å². The summed E-state index contributed by atoms with van der Waals surface area (Å²) in [6.45, 7) is 0. The third-order valence-corrected chi connectivity index (χ3v) is 7.59. The van der Waals surface area contributed by atoms with Crippen molar-refractivity contribution in [3.8, 4) is 0 Å². The fourth-order valence-corrected chi connectivity index (χ4v) is 5.94. The Morgan fingerprint density at radius 3 is 2.85 bits per heavy atom. The molecule has 2 atom stereocenters. The molecular weight excluding hydrogens is 370 g/mol. The van der Waals surface area contributed by atoms with Crippen LogP contribution in [0.15, 0.2) is 46.5 Å². The molecule has 134 valence electrons. The van der Waals surface area contributed by atoms with Crippen molar-refractivity contribution >= 4 is 32.3 Å². The van der Waals surface area contributed by atoms with Gasteiger partial charge in [0.05, 0.1) is 14.8 Å². The van der Waals surface area contributed by atoms with E-state index in [-0.39, 0.29) is 9.79 Å². The molecule has 26 heavy (non-hydrogen) atoms. The van der Waals surface area contributed by atoms with Gasteiger partial charge >= 0.3 is 0 Å². The molecule has 0 amide bonds. The van der Waals surface area contributed by atoms with Crippen molar-refractivity contribution in [2.45, 2.75) is 41.1 Å². The number of hydrogen-bond acceptors (Lipinski definition) is 4. The Hall–Kier alpha value is -1.89. The summed E-state index contributed by atoms with van der Waals surface area (Å²) in [6.07, 6.45) is 6.05. The maximum absolute atomic E-state index is 13.0. The lowest BCUT2D eigenvalue weighted by atomic mass is 9.99. The largest absolute Gasteiger partial charge is 0.347 e. The maximum atomic E-state index is 13.0. The highest BCUT2D eigenvalue weighted by molar-refractivity contribution is 7.91. The van der Waals surface area contributed by atoms with E-state index >= 15 is 0 Å². The van der Waals surface area contributed by atoms with Crippen molar-refractivity contribution in [1.82, 2.24) is 14.9 Å². The average Bonchev–Trinajstić information content (AvgIpc) is 3.14. The number of rotatable bonds is 2. The monoisotopic (exact) mass is 387 g/mol. The highest BCUT2D eigenvalue weighted by Gasteiger charge is 2.36. The molecule has 5 nitrogen and oxygen atoms in total. The third-order valence-electron chi connectivity index (χ3n) is 5.66. The quantitative estimate of drug-likeness (QED) is 0.731. The third kappa shape index (κ3) is 2.25. The van der Waals surface area contributed by atoms with Crippen LogP contribution in [0.3, 0.4) is 0 Å². The maximum Gasteiger partial charge on any atom is 0.208 e. The number of nitrogens with one attached hydrogen (secondary N) is 1. The molecule has 0 saturated carbocycles. The number of aromatic nitrogens is 2. The van der Waals surface area contributed by atoms with E-state index in [1.54, 1.807) is 6.07 Å². The van der Waals surface area contributed by atoms with Crippen LogP contribution in [0.5, 0.6) is 0 Å². The predicted octanol–water partition coefficient (Wildman–Crippen LogP) is 3.41. The van der Waals surface area contributed by atoms with Crippen LogP contribution in [-0.2, 0) is 23.3 Å². The van der Waals surface area contributed by atoms with E-state index in [1.807, 2.05) is 12.1 Å². The summed E-state index contributed by atoms with van der Waals surface area (Å²) < 4.78 is 28.3. The number of aryl methyl sites for hydroxylation is 1. The SMILES string of the molecule is Cn1c2c(c3cc(S(=O)(=O)c4cncc(Cl)c4)ccc31)C1CCC(C2)N1. The first-order valence-corrected chi connectivity index (χ1v) is 10.5.